The molecule has 0 aliphatic heterocycles. The monoisotopic (exact) mass is 834 g/mol. The summed E-state index contributed by atoms with van der Waals surface area (Å²) in [6.45, 7) is 12.1. The minimum absolute atomic E-state index is 0.0291. The maximum atomic E-state index is 12.5. The Hall–Kier alpha value is -1.40. The smallest absolute Gasteiger partial charge is 0.306 e. The fourth-order valence-corrected chi connectivity index (χ4v) is 8.33. The zero-order valence-corrected chi connectivity index (χ0v) is 40.4. The molecule has 0 rings (SSSR count). The minimum Gasteiger partial charge on any atom is -0.466 e. The number of nitrogens with one attached hydrogen (secondary N) is 1. The molecule has 0 aromatic carbocycles. The quantitative estimate of drug-likeness (QED) is 0.0374. The Morgan fingerprint density at radius 1 is 0.424 bits per heavy atom. The first-order valence-electron chi connectivity index (χ1n) is 26.2. The molecule has 0 radical (unpaired) electrons. The molecule has 1 N–H and O–H groups in total. The summed E-state index contributed by atoms with van der Waals surface area (Å²) in [5, 5.41) is 3.20. The summed E-state index contributed by atoms with van der Waals surface area (Å²) >= 11 is 0. The number of hydrogen-bond acceptors (Lipinski definition) is 6. The molecule has 0 aliphatic carbocycles. The van der Waals surface area contributed by atoms with Gasteiger partial charge in [-0.05, 0) is 96.1 Å². The van der Waals surface area contributed by atoms with Crippen molar-refractivity contribution in [3.63, 3.8) is 0 Å². The average Bonchev–Trinajstić information content (AvgIpc) is 3.22. The molecule has 0 aromatic rings. The molecule has 0 amide bonds. The summed E-state index contributed by atoms with van der Waals surface area (Å²) in [7, 11) is 2.01. The molecular formula is C53H103NO5. The number of allylic oxidation sites excluding steroid dienone is 1. The molecule has 350 valence electrons. The first-order valence-corrected chi connectivity index (χ1v) is 26.2. The largest absolute Gasteiger partial charge is 0.466 e. The van der Waals surface area contributed by atoms with E-state index in [0.717, 1.165) is 58.1 Å². The molecular weight excluding hydrogens is 731 g/mol. The Kier molecular flexibility index (Phi) is 46.5. The van der Waals surface area contributed by atoms with E-state index < -0.39 is 0 Å². The lowest BCUT2D eigenvalue weighted by atomic mass is 9.92. The Morgan fingerprint density at radius 2 is 0.780 bits per heavy atom. The Morgan fingerprint density at radius 3 is 1.17 bits per heavy atom. The maximum Gasteiger partial charge on any atom is 0.306 e. The van der Waals surface area contributed by atoms with Gasteiger partial charge in [0, 0.05) is 19.4 Å². The summed E-state index contributed by atoms with van der Waals surface area (Å²) in [5.41, 5.74) is 0. The number of esters is 2. The summed E-state index contributed by atoms with van der Waals surface area (Å²) in [4.78, 5) is 25.1. The Labute approximate surface area is 368 Å². The Bertz CT molecular complexity index is 815. The maximum absolute atomic E-state index is 12.5. The number of ether oxygens (including phenoxy) is 3. The molecule has 0 bridgehead atoms. The van der Waals surface area contributed by atoms with Crippen LogP contribution < -0.4 is 5.32 Å². The summed E-state index contributed by atoms with van der Waals surface area (Å²) < 4.78 is 17.8. The summed E-state index contributed by atoms with van der Waals surface area (Å²) in [6, 6.07) is 0. The molecule has 6 heteroatoms. The Balaban J connectivity index is 4.24. The molecule has 0 saturated carbocycles. The van der Waals surface area contributed by atoms with Crippen LogP contribution in [0.1, 0.15) is 265 Å². The molecule has 0 heterocycles. The predicted molar refractivity (Wildman–Crippen MR) is 255 cm³/mol. The van der Waals surface area contributed by atoms with Crippen molar-refractivity contribution in [3.05, 3.63) is 12.2 Å². The van der Waals surface area contributed by atoms with Gasteiger partial charge in [0.15, 0.2) is 0 Å². The van der Waals surface area contributed by atoms with E-state index in [0.29, 0.717) is 44.0 Å². The topological polar surface area (TPSA) is 73.9 Å². The van der Waals surface area contributed by atoms with Crippen LogP contribution >= 0.6 is 0 Å². The lowest BCUT2D eigenvalue weighted by Crippen LogP contribution is -2.14. The molecule has 6 nitrogen and oxygen atoms in total. The van der Waals surface area contributed by atoms with Crippen LogP contribution in [0.25, 0.3) is 0 Å². The highest BCUT2D eigenvalue weighted by molar-refractivity contribution is 5.70. The van der Waals surface area contributed by atoms with Gasteiger partial charge in [0.2, 0.25) is 0 Å². The number of hydrogen-bond donors (Lipinski definition) is 1. The van der Waals surface area contributed by atoms with E-state index in [1.165, 1.54) is 180 Å². The first kappa shape index (κ1) is 57.6. The summed E-state index contributed by atoms with van der Waals surface area (Å²) in [6.07, 6.45) is 48.6. The van der Waals surface area contributed by atoms with Gasteiger partial charge in [0.25, 0.3) is 0 Å². The molecule has 0 atom stereocenters. The highest BCUT2D eigenvalue weighted by atomic mass is 16.5. The van der Waals surface area contributed by atoms with Crippen LogP contribution in [0.3, 0.4) is 0 Å². The van der Waals surface area contributed by atoms with Crippen LogP contribution in [0.15, 0.2) is 12.2 Å². The van der Waals surface area contributed by atoms with Crippen LogP contribution in [0.4, 0.5) is 0 Å². The van der Waals surface area contributed by atoms with Gasteiger partial charge in [-0.25, -0.2) is 0 Å². The van der Waals surface area contributed by atoms with Crippen LogP contribution in [0.2, 0.25) is 0 Å². The van der Waals surface area contributed by atoms with Crippen molar-refractivity contribution in [2.75, 3.05) is 33.4 Å². The zero-order valence-electron chi connectivity index (χ0n) is 40.4. The minimum atomic E-state index is 0.0291. The van der Waals surface area contributed by atoms with Gasteiger partial charge >= 0.3 is 11.9 Å². The van der Waals surface area contributed by atoms with E-state index in [1.807, 2.05) is 7.05 Å². The molecule has 0 fully saturated rings. The van der Waals surface area contributed by atoms with E-state index in [9.17, 15) is 9.59 Å². The van der Waals surface area contributed by atoms with E-state index in [4.69, 9.17) is 14.2 Å². The summed E-state index contributed by atoms with van der Waals surface area (Å²) in [5.74, 6) is 1.08. The second-order valence-corrected chi connectivity index (χ2v) is 18.1. The van der Waals surface area contributed by atoms with Crippen LogP contribution in [-0.4, -0.2) is 51.5 Å². The van der Waals surface area contributed by atoms with Crippen molar-refractivity contribution >= 4 is 11.9 Å². The van der Waals surface area contributed by atoms with Crippen molar-refractivity contribution in [2.45, 2.75) is 271 Å². The second-order valence-electron chi connectivity index (χ2n) is 18.1. The first-order chi connectivity index (χ1) is 29.0. The van der Waals surface area contributed by atoms with Crippen LogP contribution in [-0.2, 0) is 23.8 Å². The van der Waals surface area contributed by atoms with Gasteiger partial charge in [-0.1, -0.05) is 194 Å². The fraction of sp³-hybridized carbons (Fsp3) is 0.925. The molecule has 0 saturated heterocycles. The van der Waals surface area contributed by atoms with Gasteiger partial charge in [0.1, 0.15) is 0 Å². The lowest BCUT2D eigenvalue weighted by molar-refractivity contribution is -0.146. The number of carbonyl (C=O) groups excluding carboxylic acids is 2. The standard InChI is InChI=1S/C53H103NO5/c1-6-10-27-37-49(38-28-11-7-2)47-52(55)58-45-35-24-18-14-16-21-31-41-51(57-44-34-26-20-23-33-43-54-5)42-32-22-17-15-19-25-36-46-59-53(56)48-50(39-29-12-8-3)40-30-13-9-4/h20,23,49-51,54H,6-19,21-22,24-48H2,1-5H3. The number of unbranched alkanes of at least 4 members (excludes halogenated alkanes) is 21. The number of rotatable bonds is 48. The second kappa shape index (κ2) is 47.6. The van der Waals surface area contributed by atoms with E-state index in [2.05, 4.69) is 45.2 Å². The molecule has 0 aromatic heterocycles. The van der Waals surface area contributed by atoms with Gasteiger partial charge in [-0.3, -0.25) is 9.59 Å². The third-order valence-corrected chi connectivity index (χ3v) is 12.2. The van der Waals surface area contributed by atoms with Crippen molar-refractivity contribution in [1.29, 1.82) is 0 Å². The third-order valence-electron chi connectivity index (χ3n) is 12.2. The number of carbonyl (C=O) groups is 2. The van der Waals surface area contributed by atoms with E-state index in [-0.39, 0.29) is 11.9 Å². The predicted octanol–water partition coefficient (Wildman–Crippen LogP) is 16.0. The third kappa shape index (κ3) is 43.1. The highest BCUT2D eigenvalue weighted by Gasteiger charge is 2.16. The normalized spacial score (nSPS) is 11.9. The van der Waals surface area contributed by atoms with Gasteiger partial charge in [0.05, 0.1) is 19.3 Å². The molecule has 0 spiro atoms. The van der Waals surface area contributed by atoms with E-state index in [1.54, 1.807) is 0 Å². The van der Waals surface area contributed by atoms with Crippen molar-refractivity contribution in [1.82, 2.24) is 5.32 Å². The van der Waals surface area contributed by atoms with Gasteiger partial charge < -0.3 is 19.5 Å². The van der Waals surface area contributed by atoms with Gasteiger partial charge in [-0.15, -0.1) is 0 Å². The van der Waals surface area contributed by atoms with Crippen molar-refractivity contribution in [2.24, 2.45) is 11.8 Å². The van der Waals surface area contributed by atoms with Crippen LogP contribution in [0.5, 0.6) is 0 Å². The average molecular weight is 834 g/mol. The van der Waals surface area contributed by atoms with Gasteiger partial charge in [-0.2, -0.15) is 0 Å². The molecule has 59 heavy (non-hydrogen) atoms. The SMILES string of the molecule is CCCCCC(CCCCC)CC(=O)OCCCCCCCCCC(CCCCCCCCCOC(=O)CC(CCCCC)CCCCC)OCCCC=CCCNC. The fourth-order valence-electron chi connectivity index (χ4n) is 8.33. The van der Waals surface area contributed by atoms with Crippen molar-refractivity contribution < 1.29 is 23.8 Å². The van der Waals surface area contributed by atoms with Crippen molar-refractivity contribution in [3.8, 4) is 0 Å². The van der Waals surface area contributed by atoms with Crippen LogP contribution in [0, 0.1) is 11.8 Å². The highest BCUT2D eigenvalue weighted by Crippen LogP contribution is 2.23. The lowest BCUT2D eigenvalue weighted by Gasteiger charge is -2.18. The van der Waals surface area contributed by atoms with E-state index >= 15 is 0 Å². The molecule has 0 aliphatic rings. The zero-order chi connectivity index (χ0) is 43.1. The molecule has 0 unspecified atom stereocenters.